The summed E-state index contributed by atoms with van der Waals surface area (Å²) in [5, 5.41) is 0. The van der Waals surface area contributed by atoms with Crippen LogP contribution in [-0.2, 0) is 7.05 Å². The summed E-state index contributed by atoms with van der Waals surface area (Å²) >= 11 is 0. The second kappa shape index (κ2) is 6.26. The van der Waals surface area contributed by atoms with Gasteiger partial charge in [0.25, 0.3) is 11.5 Å². The van der Waals surface area contributed by atoms with Crippen LogP contribution in [0.2, 0.25) is 0 Å². The molecule has 1 N–H and O–H groups in total. The smallest absolute Gasteiger partial charge is 0.261 e. The molecule has 6 heteroatoms. The third-order valence-electron chi connectivity index (χ3n) is 4.83. The molecule has 1 amide bonds. The van der Waals surface area contributed by atoms with Gasteiger partial charge in [0.2, 0.25) is 0 Å². The van der Waals surface area contributed by atoms with Crippen LogP contribution in [-0.4, -0.2) is 38.4 Å². The van der Waals surface area contributed by atoms with Crippen LogP contribution in [0.25, 0.3) is 0 Å². The minimum absolute atomic E-state index is 0.185. The summed E-state index contributed by atoms with van der Waals surface area (Å²) in [4.78, 5) is 34.1. The molecule has 128 valence electrons. The Hall–Kier alpha value is -2.37. The number of hydrogen-bond donors (Lipinski definition) is 1. The number of likely N-dealkylation sites (tertiary alicyclic amines) is 1. The molecular weight excluding hydrogens is 304 g/mol. The van der Waals surface area contributed by atoms with Crippen LogP contribution >= 0.6 is 0 Å². The lowest BCUT2D eigenvalue weighted by Crippen LogP contribution is -2.41. The second-order valence-corrected chi connectivity index (χ2v) is 6.76. The zero-order valence-corrected chi connectivity index (χ0v) is 14.7. The Labute approximate surface area is 141 Å². The summed E-state index contributed by atoms with van der Waals surface area (Å²) in [5.74, 6) is 1.04. The van der Waals surface area contributed by atoms with Crippen molar-refractivity contribution < 1.29 is 4.79 Å². The predicted molar refractivity (Wildman–Crippen MR) is 92.4 cm³/mol. The average molecular weight is 328 g/mol. The molecular formula is C18H24N4O2. The number of aromatic nitrogens is 3. The summed E-state index contributed by atoms with van der Waals surface area (Å²) < 4.78 is 2.04. The molecule has 1 atom stereocenters. The third-order valence-corrected chi connectivity index (χ3v) is 4.83. The van der Waals surface area contributed by atoms with Crippen LogP contribution < -0.4 is 5.56 Å². The average Bonchev–Trinajstić information content (AvgIpc) is 2.89. The highest BCUT2D eigenvalue weighted by Gasteiger charge is 2.29. The quantitative estimate of drug-likeness (QED) is 0.917. The van der Waals surface area contributed by atoms with E-state index in [1.54, 1.807) is 11.0 Å². The highest BCUT2D eigenvalue weighted by atomic mass is 16.2. The number of nitrogens with one attached hydrogen (secondary N) is 1. The van der Waals surface area contributed by atoms with Gasteiger partial charge in [-0.05, 0) is 45.2 Å². The van der Waals surface area contributed by atoms with E-state index < -0.39 is 0 Å². The van der Waals surface area contributed by atoms with Crippen molar-refractivity contribution in [3.63, 3.8) is 0 Å². The zero-order chi connectivity index (χ0) is 17.4. The number of carbonyl (C=O) groups excluding carboxylic acids is 1. The number of amides is 1. The Morgan fingerprint density at radius 3 is 2.75 bits per heavy atom. The predicted octanol–water partition coefficient (Wildman–Crippen LogP) is 2.05. The molecule has 6 nitrogen and oxygen atoms in total. The van der Waals surface area contributed by atoms with Gasteiger partial charge in [0, 0.05) is 37.9 Å². The van der Waals surface area contributed by atoms with Gasteiger partial charge in [0.05, 0.1) is 5.69 Å². The van der Waals surface area contributed by atoms with E-state index in [1.165, 1.54) is 0 Å². The number of piperidine rings is 1. The first-order chi connectivity index (χ1) is 11.4. The minimum Gasteiger partial charge on any atom is -0.338 e. The number of aryl methyl sites for hydroxylation is 4. The van der Waals surface area contributed by atoms with Crippen molar-refractivity contribution in [3.8, 4) is 0 Å². The van der Waals surface area contributed by atoms with Gasteiger partial charge in [-0.15, -0.1) is 0 Å². The van der Waals surface area contributed by atoms with Crippen molar-refractivity contribution in [2.24, 2.45) is 7.05 Å². The standard InChI is InChI=1S/C18H24N4O2/c1-11-8-15(17(23)20-13(11)3)18(24)22-7-5-6-14(10-22)16-19-12(2)9-21(16)4/h8-9,14H,5-7,10H2,1-4H3,(H,20,23)/t14-/m1/s1. The molecule has 1 fully saturated rings. The van der Waals surface area contributed by atoms with Crippen molar-refractivity contribution in [1.82, 2.24) is 19.4 Å². The largest absolute Gasteiger partial charge is 0.338 e. The number of nitrogens with zero attached hydrogens (tertiary/aromatic N) is 3. The van der Waals surface area contributed by atoms with Crippen molar-refractivity contribution in [2.75, 3.05) is 13.1 Å². The summed E-state index contributed by atoms with van der Waals surface area (Å²) in [6.07, 6.45) is 3.94. The number of pyridine rings is 1. The van der Waals surface area contributed by atoms with Gasteiger partial charge in [-0.25, -0.2) is 4.98 Å². The molecule has 3 rings (SSSR count). The van der Waals surface area contributed by atoms with Crippen molar-refractivity contribution in [2.45, 2.75) is 39.5 Å². The number of imidazole rings is 1. The Bertz CT molecular complexity index is 834. The van der Waals surface area contributed by atoms with E-state index in [2.05, 4.69) is 9.97 Å². The van der Waals surface area contributed by atoms with Crippen LogP contribution in [0.4, 0.5) is 0 Å². The Kier molecular flexibility index (Phi) is 4.30. The van der Waals surface area contributed by atoms with Gasteiger partial charge < -0.3 is 14.5 Å². The monoisotopic (exact) mass is 328 g/mol. The lowest BCUT2D eigenvalue weighted by atomic mass is 9.96. The summed E-state index contributed by atoms with van der Waals surface area (Å²) in [5.41, 5.74) is 2.64. The number of hydrogen-bond acceptors (Lipinski definition) is 3. The molecule has 3 heterocycles. The van der Waals surface area contributed by atoms with Crippen molar-refractivity contribution in [1.29, 1.82) is 0 Å². The van der Waals surface area contributed by atoms with E-state index in [1.807, 2.05) is 38.6 Å². The van der Waals surface area contributed by atoms with Crippen LogP contribution in [0, 0.1) is 20.8 Å². The van der Waals surface area contributed by atoms with Crippen LogP contribution in [0.1, 0.15) is 51.9 Å². The molecule has 24 heavy (non-hydrogen) atoms. The molecule has 0 aromatic carbocycles. The van der Waals surface area contributed by atoms with Crippen LogP contribution in [0.5, 0.6) is 0 Å². The molecule has 0 spiro atoms. The van der Waals surface area contributed by atoms with Crippen molar-refractivity contribution in [3.05, 3.63) is 51.0 Å². The summed E-state index contributed by atoms with van der Waals surface area (Å²) in [6.45, 7) is 7.01. The topological polar surface area (TPSA) is 71.0 Å². The molecule has 0 saturated carbocycles. The van der Waals surface area contributed by atoms with Gasteiger partial charge in [0.1, 0.15) is 11.4 Å². The zero-order valence-electron chi connectivity index (χ0n) is 14.7. The summed E-state index contributed by atoms with van der Waals surface area (Å²) in [7, 11) is 1.99. The number of aromatic amines is 1. The first-order valence-corrected chi connectivity index (χ1v) is 8.36. The van der Waals surface area contributed by atoms with E-state index in [-0.39, 0.29) is 22.9 Å². The SMILES string of the molecule is Cc1cn(C)c([C@@H]2CCCN(C(=O)c3cc(C)c(C)[nH]c3=O)C2)n1. The van der Waals surface area contributed by atoms with Crippen LogP contribution in [0.3, 0.4) is 0 Å². The van der Waals surface area contributed by atoms with Gasteiger partial charge in [-0.2, -0.15) is 0 Å². The number of H-pyrrole nitrogens is 1. The molecule has 0 radical (unpaired) electrons. The van der Waals surface area contributed by atoms with E-state index in [0.29, 0.717) is 13.1 Å². The molecule has 1 aliphatic rings. The first kappa shape index (κ1) is 16.5. The lowest BCUT2D eigenvalue weighted by Gasteiger charge is -2.32. The van der Waals surface area contributed by atoms with Gasteiger partial charge in [0.15, 0.2) is 0 Å². The summed E-state index contributed by atoms with van der Waals surface area (Å²) in [6, 6.07) is 1.70. The number of carbonyl (C=O) groups is 1. The Morgan fingerprint density at radius 1 is 1.33 bits per heavy atom. The van der Waals surface area contributed by atoms with E-state index in [9.17, 15) is 9.59 Å². The normalized spacial score (nSPS) is 18.0. The van der Waals surface area contributed by atoms with E-state index in [0.717, 1.165) is 35.6 Å². The third kappa shape index (κ3) is 3.00. The molecule has 0 aliphatic carbocycles. The fourth-order valence-corrected chi connectivity index (χ4v) is 3.44. The van der Waals surface area contributed by atoms with E-state index in [4.69, 9.17) is 0 Å². The first-order valence-electron chi connectivity index (χ1n) is 8.36. The van der Waals surface area contributed by atoms with Crippen molar-refractivity contribution >= 4 is 5.91 Å². The molecule has 2 aromatic heterocycles. The Morgan fingerprint density at radius 2 is 2.08 bits per heavy atom. The van der Waals surface area contributed by atoms with E-state index >= 15 is 0 Å². The maximum atomic E-state index is 12.8. The Balaban J connectivity index is 1.85. The maximum Gasteiger partial charge on any atom is 0.261 e. The number of rotatable bonds is 2. The highest BCUT2D eigenvalue weighted by molar-refractivity contribution is 5.94. The molecule has 0 unspecified atom stereocenters. The van der Waals surface area contributed by atoms with Gasteiger partial charge >= 0.3 is 0 Å². The fourth-order valence-electron chi connectivity index (χ4n) is 3.44. The minimum atomic E-state index is -0.307. The van der Waals surface area contributed by atoms with Gasteiger partial charge in [-0.1, -0.05) is 0 Å². The maximum absolute atomic E-state index is 12.8. The molecule has 1 aliphatic heterocycles. The fraction of sp³-hybridized carbons (Fsp3) is 0.500. The molecule has 1 saturated heterocycles. The van der Waals surface area contributed by atoms with Crippen LogP contribution in [0.15, 0.2) is 17.1 Å². The lowest BCUT2D eigenvalue weighted by molar-refractivity contribution is 0.0701. The second-order valence-electron chi connectivity index (χ2n) is 6.76. The van der Waals surface area contributed by atoms with Gasteiger partial charge in [-0.3, -0.25) is 9.59 Å². The molecule has 2 aromatic rings. The highest BCUT2D eigenvalue weighted by Crippen LogP contribution is 2.26. The molecule has 0 bridgehead atoms.